The van der Waals surface area contributed by atoms with Gasteiger partial charge in [0.25, 0.3) is 0 Å². The summed E-state index contributed by atoms with van der Waals surface area (Å²) in [6.07, 6.45) is 2.78. The van der Waals surface area contributed by atoms with E-state index in [0.29, 0.717) is 6.54 Å². The third-order valence-corrected chi connectivity index (χ3v) is 3.56. The molecule has 106 valence electrons. The minimum Gasteiger partial charge on any atom is -0.398 e. The normalized spacial score (nSPS) is 10.7. The number of carbonyl (C=O) groups excluding carboxylic acids is 1. The van der Waals surface area contributed by atoms with Crippen molar-refractivity contribution in [3.63, 3.8) is 0 Å². The molecule has 0 unspecified atom stereocenters. The molecule has 0 aromatic heterocycles. The second kappa shape index (κ2) is 7.82. The fourth-order valence-electron chi connectivity index (χ4n) is 2.32. The van der Waals surface area contributed by atoms with E-state index in [-0.39, 0.29) is 11.8 Å². The van der Waals surface area contributed by atoms with Crippen LogP contribution in [0.4, 0.5) is 5.69 Å². The molecule has 19 heavy (non-hydrogen) atoms. The van der Waals surface area contributed by atoms with Gasteiger partial charge in [-0.3, -0.25) is 4.79 Å². The van der Waals surface area contributed by atoms with Crippen molar-refractivity contribution in [1.29, 1.82) is 0 Å². The van der Waals surface area contributed by atoms with Gasteiger partial charge < -0.3 is 10.6 Å². The zero-order valence-electron chi connectivity index (χ0n) is 12.4. The minimum atomic E-state index is 0.136. The molecule has 2 N–H and O–H groups in total. The van der Waals surface area contributed by atoms with Crippen molar-refractivity contribution in [1.82, 2.24) is 4.90 Å². The lowest BCUT2D eigenvalue weighted by molar-refractivity contribution is -0.136. The summed E-state index contributed by atoms with van der Waals surface area (Å²) in [5, 5.41) is 0. The van der Waals surface area contributed by atoms with Gasteiger partial charge in [0, 0.05) is 24.7 Å². The van der Waals surface area contributed by atoms with Crippen LogP contribution in [0.3, 0.4) is 0 Å². The van der Waals surface area contributed by atoms with Gasteiger partial charge >= 0.3 is 0 Å². The van der Waals surface area contributed by atoms with Crippen molar-refractivity contribution in [3.05, 3.63) is 29.8 Å². The standard InChI is InChI=1S/C16H26N2O/c1-4-11-18(16(19)13(5-2)6-3)12-14-9-7-8-10-15(14)17/h7-10,13H,4-6,11-12,17H2,1-3H3. The second-order valence-corrected chi connectivity index (χ2v) is 4.97. The van der Waals surface area contributed by atoms with Gasteiger partial charge in [-0.2, -0.15) is 0 Å². The van der Waals surface area contributed by atoms with Crippen LogP contribution in [0.5, 0.6) is 0 Å². The number of nitrogens with two attached hydrogens (primary N) is 1. The summed E-state index contributed by atoms with van der Waals surface area (Å²) in [6, 6.07) is 7.78. The highest BCUT2D eigenvalue weighted by Crippen LogP contribution is 2.18. The maximum absolute atomic E-state index is 12.5. The topological polar surface area (TPSA) is 46.3 Å². The Kier molecular flexibility index (Phi) is 6.40. The molecule has 0 atom stereocenters. The average molecular weight is 262 g/mol. The molecule has 1 rings (SSSR count). The fraction of sp³-hybridized carbons (Fsp3) is 0.562. The van der Waals surface area contributed by atoms with Crippen LogP contribution in [0.2, 0.25) is 0 Å². The van der Waals surface area contributed by atoms with E-state index in [1.807, 2.05) is 29.2 Å². The van der Waals surface area contributed by atoms with Crippen molar-refractivity contribution in [2.45, 2.75) is 46.6 Å². The van der Waals surface area contributed by atoms with Gasteiger partial charge in [-0.15, -0.1) is 0 Å². The third-order valence-electron chi connectivity index (χ3n) is 3.56. The number of anilines is 1. The summed E-state index contributed by atoms with van der Waals surface area (Å²) in [5.41, 5.74) is 7.77. The molecule has 1 amide bonds. The monoisotopic (exact) mass is 262 g/mol. The van der Waals surface area contributed by atoms with Gasteiger partial charge in [-0.25, -0.2) is 0 Å². The molecule has 0 aliphatic carbocycles. The van der Waals surface area contributed by atoms with E-state index < -0.39 is 0 Å². The van der Waals surface area contributed by atoms with E-state index in [1.54, 1.807) is 0 Å². The number of hydrogen-bond acceptors (Lipinski definition) is 2. The lowest BCUT2D eigenvalue weighted by atomic mass is 10.0. The van der Waals surface area contributed by atoms with Crippen LogP contribution >= 0.6 is 0 Å². The predicted octanol–water partition coefficient (Wildman–Crippen LogP) is 3.44. The maximum atomic E-state index is 12.5. The first-order valence-corrected chi connectivity index (χ1v) is 7.26. The number of nitrogens with zero attached hydrogens (tertiary/aromatic N) is 1. The number of carbonyl (C=O) groups is 1. The Morgan fingerprint density at radius 1 is 1.21 bits per heavy atom. The Hall–Kier alpha value is -1.51. The van der Waals surface area contributed by atoms with Gasteiger partial charge in [-0.1, -0.05) is 39.0 Å². The van der Waals surface area contributed by atoms with Crippen LogP contribution in [-0.4, -0.2) is 17.4 Å². The SMILES string of the molecule is CCCN(Cc1ccccc1N)C(=O)C(CC)CC. The highest BCUT2D eigenvalue weighted by Gasteiger charge is 2.21. The fourth-order valence-corrected chi connectivity index (χ4v) is 2.32. The Balaban J connectivity index is 2.83. The Morgan fingerprint density at radius 2 is 1.84 bits per heavy atom. The summed E-state index contributed by atoms with van der Waals surface area (Å²) in [6.45, 7) is 7.67. The third kappa shape index (κ3) is 4.27. The number of hydrogen-bond donors (Lipinski definition) is 1. The maximum Gasteiger partial charge on any atom is 0.225 e. The molecule has 0 heterocycles. The Labute approximate surface area is 116 Å². The summed E-state index contributed by atoms with van der Waals surface area (Å²) < 4.78 is 0. The Morgan fingerprint density at radius 3 is 2.37 bits per heavy atom. The van der Waals surface area contributed by atoms with Crippen molar-refractivity contribution in [2.24, 2.45) is 5.92 Å². The zero-order chi connectivity index (χ0) is 14.3. The molecule has 1 aromatic rings. The van der Waals surface area contributed by atoms with E-state index in [1.165, 1.54) is 0 Å². The summed E-state index contributed by atoms with van der Waals surface area (Å²) in [5.74, 6) is 0.395. The molecule has 0 spiro atoms. The molecule has 0 aliphatic heterocycles. The summed E-state index contributed by atoms with van der Waals surface area (Å²) in [4.78, 5) is 14.4. The van der Waals surface area contributed by atoms with E-state index in [0.717, 1.165) is 37.1 Å². The van der Waals surface area contributed by atoms with Crippen molar-refractivity contribution in [3.8, 4) is 0 Å². The molecule has 0 bridgehead atoms. The smallest absolute Gasteiger partial charge is 0.225 e. The summed E-state index contributed by atoms with van der Waals surface area (Å²) in [7, 11) is 0. The van der Waals surface area contributed by atoms with Crippen molar-refractivity contribution >= 4 is 11.6 Å². The van der Waals surface area contributed by atoms with Gasteiger partial charge in [-0.05, 0) is 30.9 Å². The molecular formula is C16H26N2O. The van der Waals surface area contributed by atoms with Crippen LogP contribution in [0.25, 0.3) is 0 Å². The minimum absolute atomic E-state index is 0.136. The number of para-hydroxylation sites is 1. The van der Waals surface area contributed by atoms with E-state index >= 15 is 0 Å². The number of amides is 1. The quantitative estimate of drug-likeness (QED) is 0.765. The van der Waals surface area contributed by atoms with Gasteiger partial charge in [0.2, 0.25) is 5.91 Å². The van der Waals surface area contributed by atoms with Crippen LogP contribution in [0, 0.1) is 5.92 Å². The molecule has 0 fully saturated rings. The Bertz CT molecular complexity index is 399. The average Bonchev–Trinajstić information content (AvgIpc) is 2.42. The van der Waals surface area contributed by atoms with Crippen LogP contribution in [0.15, 0.2) is 24.3 Å². The molecule has 0 radical (unpaired) electrons. The van der Waals surface area contributed by atoms with Gasteiger partial charge in [0.1, 0.15) is 0 Å². The molecule has 0 saturated carbocycles. The predicted molar refractivity (Wildman–Crippen MR) is 80.6 cm³/mol. The number of rotatable bonds is 7. The largest absolute Gasteiger partial charge is 0.398 e. The van der Waals surface area contributed by atoms with Crippen LogP contribution < -0.4 is 5.73 Å². The highest BCUT2D eigenvalue weighted by molar-refractivity contribution is 5.79. The molecule has 1 aromatic carbocycles. The first-order valence-electron chi connectivity index (χ1n) is 7.26. The first-order chi connectivity index (χ1) is 9.13. The highest BCUT2D eigenvalue weighted by atomic mass is 16.2. The summed E-state index contributed by atoms with van der Waals surface area (Å²) >= 11 is 0. The molecule has 3 heteroatoms. The number of nitrogen functional groups attached to an aromatic ring is 1. The lowest BCUT2D eigenvalue weighted by Crippen LogP contribution is -2.36. The molecule has 0 saturated heterocycles. The lowest BCUT2D eigenvalue weighted by Gasteiger charge is -2.26. The molecule has 0 aliphatic rings. The van der Waals surface area contributed by atoms with E-state index in [4.69, 9.17) is 5.73 Å². The zero-order valence-corrected chi connectivity index (χ0v) is 12.4. The van der Waals surface area contributed by atoms with E-state index in [9.17, 15) is 4.79 Å². The molecule has 3 nitrogen and oxygen atoms in total. The van der Waals surface area contributed by atoms with Crippen molar-refractivity contribution < 1.29 is 4.79 Å². The van der Waals surface area contributed by atoms with Gasteiger partial charge in [0.15, 0.2) is 0 Å². The second-order valence-electron chi connectivity index (χ2n) is 4.97. The molecular weight excluding hydrogens is 236 g/mol. The van der Waals surface area contributed by atoms with E-state index in [2.05, 4.69) is 20.8 Å². The van der Waals surface area contributed by atoms with Crippen molar-refractivity contribution in [2.75, 3.05) is 12.3 Å². The first kappa shape index (κ1) is 15.5. The van der Waals surface area contributed by atoms with Crippen LogP contribution in [0.1, 0.15) is 45.6 Å². The number of benzene rings is 1. The van der Waals surface area contributed by atoms with Gasteiger partial charge in [0.05, 0.1) is 0 Å². The van der Waals surface area contributed by atoms with Crippen LogP contribution in [-0.2, 0) is 11.3 Å².